The van der Waals surface area contributed by atoms with Gasteiger partial charge in [0.05, 0.1) is 6.04 Å². The maximum absolute atomic E-state index is 13.1. The van der Waals surface area contributed by atoms with E-state index in [1.165, 1.54) is 22.4 Å². The first-order chi connectivity index (χ1) is 14.1. The molecule has 0 spiro atoms. The topological polar surface area (TPSA) is 32.3 Å². The largest absolute Gasteiger partial charge is 0.378 e. The van der Waals surface area contributed by atoms with E-state index in [4.69, 9.17) is 0 Å². The van der Waals surface area contributed by atoms with Crippen LogP contribution in [0.15, 0.2) is 54.6 Å². The van der Waals surface area contributed by atoms with Gasteiger partial charge in [0.25, 0.3) is 5.91 Å². The highest BCUT2D eigenvalue weighted by Crippen LogP contribution is 2.50. The van der Waals surface area contributed by atoms with Crippen LogP contribution in [-0.4, -0.2) is 23.9 Å². The lowest BCUT2D eigenvalue weighted by molar-refractivity contribution is 0.0755. The van der Waals surface area contributed by atoms with Crippen molar-refractivity contribution in [2.75, 3.05) is 18.4 Å². The van der Waals surface area contributed by atoms with Crippen molar-refractivity contribution in [3.05, 3.63) is 76.9 Å². The molecule has 0 bridgehead atoms. The number of carbonyl (C=O) groups is 1. The summed E-state index contributed by atoms with van der Waals surface area (Å²) in [5.74, 6) is 1.03. The first-order valence-corrected chi connectivity index (χ1v) is 11.0. The van der Waals surface area contributed by atoms with Crippen LogP contribution in [0.1, 0.15) is 72.1 Å². The molecule has 0 saturated heterocycles. The number of fused-ring (bicyclic) bond motifs is 3. The Labute approximate surface area is 174 Å². The molecule has 4 rings (SSSR count). The highest BCUT2D eigenvalue weighted by molar-refractivity contribution is 5.95. The Kier molecular flexibility index (Phi) is 5.75. The molecule has 3 nitrogen and oxygen atoms in total. The van der Waals surface area contributed by atoms with Gasteiger partial charge in [0, 0.05) is 30.3 Å². The van der Waals surface area contributed by atoms with Crippen LogP contribution in [-0.2, 0) is 0 Å². The third kappa shape index (κ3) is 3.83. The lowest BCUT2D eigenvalue weighted by Gasteiger charge is -2.38. The number of amides is 1. The number of benzene rings is 2. The first kappa shape index (κ1) is 19.8. The van der Waals surface area contributed by atoms with E-state index in [-0.39, 0.29) is 5.91 Å². The van der Waals surface area contributed by atoms with Crippen LogP contribution in [0.2, 0.25) is 0 Å². The van der Waals surface area contributed by atoms with E-state index in [9.17, 15) is 4.79 Å². The molecule has 1 heterocycles. The molecule has 0 aromatic heterocycles. The Bertz CT molecular complexity index is 911. The van der Waals surface area contributed by atoms with Gasteiger partial charge in [-0.3, -0.25) is 4.79 Å². The molecule has 2 aromatic rings. The molecule has 1 aliphatic carbocycles. The lowest BCUT2D eigenvalue weighted by Crippen LogP contribution is -2.33. The highest BCUT2D eigenvalue weighted by atomic mass is 16.2. The average Bonchev–Trinajstić information content (AvgIpc) is 3.22. The highest BCUT2D eigenvalue weighted by Gasteiger charge is 2.38. The normalized spacial score (nSPS) is 22.0. The fourth-order valence-electron chi connectivity index (χ4n) is 4.96. The van der Waals surface area contributed by atoms with Crippen LogP contribution in [0.5, 0.6) is 0 Å². The molecule has 2 aliphatic rings. The van der Waals surface area contributed by atoms with Gasteiger partial charge < -0.3 is 10.2 Å². The number of carbonyl (C=O) groups excluding carboxylic acids is 1. The standard InChI is InChI=1S/C26H32N2O/c1-4-14-28(15-5-2)26(29)20-12-13-24-23(17-20)21-10-7-11-22(21)25(27-24)19-9-6-8-18(3)16-19/h6-10,12-13,16-17,21-22,25,27H,4-5,11,14-15H2,1-3H3. The van der Waals surface area contributed by atoms with Gasteiger partial charge >= 0.3 is 0 Å². The molecule has 0 fully saturated rings. The zero-order valence-corrected chi connectivity index (χ0v) is 17.8. The van der Waals surface area contributed by atoms with Crippen LogP contribution in [0, 0.1) is 12.8 Å². The summed E-state index contributed by atoms with van der Waals surface area (Å²) in [6.45, 7) is 8.06. The van der Waals surface area contributed by atoms with Crippen LogP contribution in [0.4, 0.5) is 5.69 Å². The summed E-state index contributed by atoms with van der Waals surface area (Å²) in [5.41, 5.74) is 5.91. The van der Waals surface area contributed by atoms with Crippen molar-refractivity contribution in [2.24, 2.45) is 5.92 Å². The third-order valence-electron chi connectivity index (χ3n) is 6.29. The van der Waals surface area contributed by atoms with Crippen molar-refractivity contribution in [3.63, 3.8) is 0 Å². The molecule has 1 amide bonds. The third-order valence-corrected chi connectivity index (χ3v) is 6.29. The summed E-state index contributed by atoms with van der Waals surface area (Å²) < 4.78 is 0. The minimum atomic E-state index is 0.163. The Morgan fingerprint density at radius 3 is 2.62 bits per heavy atom. The van der Waals surface area contributed by atoms with Crippen molar-refractivity contribution < 1.29 is 4.79 Å². The zero-order valence-electron chi connectivity index (χ0n) is 17.8. The number of hydrogen-bond donors (Lipinski definition) is 1. The summed E-state index contributed by atoms with van der Waals surface area (Å²) >= 11 is 0. The quantitative estimate of drug-likeness (QED) is 0.608. The van der Waals surface area contributed by atoms with E-state index in [2.05, 4.69) is 74.6 Å². The lowest BCUT2D eigenvalue weighted by atomic mass is 9.76. The second-order valence-corrected chi connectivity index (χ2v) is 8.48. The van der Waals surface area contributed by atoms with Crippen LogP contribution < -0.4 is 5.32 Å². The second-order valence-electron chi connectivity index (χ2n) is 8.48. The Hall–Kier alpha value is -2.55. The molecule has 3 unspecified atom stereocenters. The SMILES string of the molecule is CCCN(CCC)C(=O)c1ccc2c(c1)C1C=CCC1C(c1cccc(C)c1)N2. The van der Waals surface area contributed by atoms with Crippen molar-refractivity contribution in [3.8, 4) is 0 Å². The van der Waals surface area contributed by atoms with Crippen LogP contribution in [0.25, 0.3) is 0 Å². The minimum absolute atomic E-state index is 0.163. The molecule has 152 valence electrons. The Balaban J connectivity index is 1.66. The smallest absolute Gasteiger partial charge is 0.253 e. The fourth-order valence-corrected chi connectivity index (χ4v) is 4.96. The number of rotatable bonds is 6. The van der Waals surface area contributed by atoms with E-state index >= 15 is 0 Å². The maximum atomic E-state index is 13.1. The first-order valence-electron chi connectivity index (χ1n) is 11.0. The summed E-state index contributed by atoms with van der Waals surface area (Å²) in [7, 11) is 0. The molecule has 2 aromatic carbocycles. The van der Waals surface area contributed by atoms with Crippen molar-refractivity contribution >= 4 is 11.6 Å². The number of nitrogens with one attached hydrogen (secondary N) is 1. The molecule has 29 heavy (non-hydrogen) atoms. The Morgan fingerprint density at radius 2 is 1.90 bits per heavy atom. The molecule has 1 N–H and O–H groups in total. The predicted molar refractivity (Wildman–Crippen MR) is 120 cm³/mol. The number of allylic oxidation sites excluding steroid dienone is 2. The summed E-state index contributed by atoms with van der Waals surface area (Å²) in [6.07, 6.45) is 7.71. The molecule has 3 heteroatoms. The number of anilines is 1. The van der Waals surface area contributed by atoms with Gasteiger partial charge in [0.15, 0.2) is 0 Å². The van der Waals surface area contributed by atoms with Gasteiger partial charge in [-0.15, -0.1) is 0 Å². The van der Waals surface area contributed by atoms with E-state index in [0.717, 1.165) is 37.9 Å². The van der Waals surface area contributed by atoms with E-state index in [1.54, 1.807) is 0 Å². The van der Waals surface area contributed by atoms with Gasteiger partial charge in [0.2, 0.25) is 0 Å². The van der Waals surface area contributed by atoms with E-state index in [1.807, 2.05) is 11.0 Å². The zero-order chi connectivity index (χ0) is 20.4. The monoisotopic (exact) mass is 388 g/mol. The molecule has 3 atom stereocenters. The average molecular weight is 389 g/mol. The molecular weight excluding hydrogens is 356 g/mol. The minimum Gasteiger partial charge on any atom is -0.378 e. The summed E-state index contributed by atoms with van der Waals surface area (Å²) in [5, 5.41) is 3.79. The van der Waals surface area contributed by atoms with Gasteiger partial charge in [-0.05, 0) is 61.4 Å². The summed E-state index contributed by atoms with van der Waals surface area (Å²) in [6, 6.07) is 15.4. The second kappa shape index (κ2) is 8.44. The summed E-state index contributed by atoms with van der Waals surface area (Å²) in [4.78, 5) is 15.1. The van der Waals surface area contributed by atoms with Gasteiger partial charge in [-0.1, -0.05) is 55.8 Å². The molecule has 0 saturated carbocycles. The van der Waals surface area contributed by atoms with Gasteiger partial charge in [0.1, 0.15) is 0 Å². The molecule has 0 radical (unpaired) electrons. The van der Waals surface area contributed by atoms with Crippen LogP contribution in [0.3, 0.4) is 0 Å². The predicted octanol–water partition coefficient (Wildman–Crippen LogP) is 6.08. The molecule has 1 aliphatic heterocycles. The van der Waals surface area contributed by atoms with Crippen molar-refractivity contribution in [1.29, 1.82) is 0 Å². The van der Waals surface area contributed by atoms with Gasteiger partial charge in [-0.2, -0.15) is 0 Å². The van der Waals surface area contributed by atoms with Crippen LogP contribution >= 0.6 is 0 Å². The van der Waals surface area contributed by atoms with Crippen molar-refractivity contribution in [1.82, 2.24) is 4.90 Å². The van der Waals surface area contributed by atoms with E-state index < -0.39 is 0 Å². The van der Waals surface area contributed by atoms with Gasteiger partial charge in [-0.25, -0.2) is 0 Å². The van der Waals surface area contributed by atoms with Crippen molar-refractivity contribution in [2.45, 2.75) is 52.0 Å². The number of nitrogens with zero attached hydrogens (tertiary/aromatic N) is 1. The Morgan fingerprint density at radius 1 is 1.10 bits per heavy atom. The molecular formula is C26H32N2O. The number of hydrogen-bond acceptors (Lipinski definition) is 2. The van der Waals surface area contributed by atoms with E-state index in [0.29, 0.717) is 17.9 Å². The number of aryl methyl sites for hydroxylation is 1. The fraction of sp³-hybridized carbons (Fsp3) is 0.423. The maximum Gasteiger partial charge on any atom is 0.253 e.